The zero-order valence-corrected chi connectivity index (χ0v) is 11.2. The van der Waals surface area contributed by atoms with Crippen molar-refractivity contribution in [2.45, 2.75) is 13.0 Å². The topological polar surface area (TPSA) is 48.0 Å². The Morgan fingerprint density at radius 3 is 2.76 bits per heavy atom. The Kier molecular flexibility index (Phi) is 7.72. The minimum absolute atomic E-state index is 0.372. The van der Waals surface area contributed by atoms with E-state index in [0.717, 1.165) is 39.3 Å². The molecule has 0 aromatic heterocycles. The maximum Gasteiger partial charge on any atom is 0.0900 e. The number of hydrogen-bond acceptors (Lipinski definition) is 5. The van der Waals surface area contributed by atoms with Gasteiger partial charge >= 0.3 is 0 Å². The lowest BCUT2D eigenvalue weighted by molar-refractivity contribution is 0.0241. The van der Waals surface area contributed by atoms with Crippen molar-refractivity contribution in [1.29, 1.82) is 0 Å². The summed E-state index contributed by atoms with van der Waals surface area (Å²) in [6, 6.07) is 0. The van der Waals surface area contributed by atoms with Crippen LogP contribution in [-0.2, 0) is 4.74 Å². The fourth-order valence-electron chi connectivity index (χ4n) is 2.00. The summed E-state index contributed by atoms with van der Waals surface area (Å²) in [4.78, 5) is 4.63. The quantitative estimate of drug-likeness (QED) is 0.587. The Morgan fingerprint density at radius 2 is 2.12 bits per heavy atom. The van der Waals surface area contributed by atoms with E-state index in [-0.39, 0.29) is 6.10 Å². The number of piperazine rings is 1. The summed E-state index contributed by atoms with van der Waals surface area (Å²) in [6.07, 6.45) is -0.372. The van der Waals surface area contributed by atoms with Gasteiger partial charge in [-0.05, 0) is 14.0 Å². The van der Waals surface area contributed by atoms with Crippen molar-refractivity contribution >= 4 is 0 Å². The molecule has 1 rings (SSSR count). The highest BCUT2D eigenvalue weighted by Crippen LogP contribution is 1.95. The van der Waals surface area contributed by atoms with Crippen LogP contribution in [0.4, 0.5) is 0 Å². The van der Waals surface area contributed by atoms with Crippen molar-refractivity contribution in [2.75, 3.05) is 66.1 Å². The van der Waals surface area contributed by atoms with Gasteiger partial charge in [-0.25, -0.2) is 0 Å². The maximum atomic E-state index is 9.70. The van der Waals surface area contributed by atoms with E-state index in [0.29, 0.717) is 19.8 Å². The van der Waals surface area contributed by atoms with Crippen LogP contribution in [0, 0.1) is 0 Å². The Bertz CT molecular complexity index is 187. The molecule has 5 heteroatoms. The summed E-state index contributed by atoms with van der Waals surface area (Å²) in [7, 11) is 2.05. The molecule has 0 radical (unpaired) electrons. The number of nitrogens with one attached hydrogen (secondary N) is 1. The van der Waals surface area contributed by atoms with Crippen molar-refractivity contribution in [3.63, 3.8) is 0 Å². The second kappa shape index (κ2) is 8.83. The van der Waals surface area contributed by atoms with Crippen molar-refractivity contribution in [3.8, 4) is 0 Å². The first kappa shape index (κ1) is 14.9. The molecule has 0 aliphatic carbocycles. The fraction of sp³-hybridized carbons (Fsp3) is 1.00. The first-order valence-corrected chi connectivity index (χ1v) is 6.59. The van der Waals surface area contributed by atoms with Gasteiger partial charge in [0, 0.05) is 52.4 Å². The SMILES string of the molecule is CCOCC(O)CN(C)CCN1CCNCC1. The monoisotopic (exact) mass is 245 g/mol. The molecule has 102 valence electrons. The number of likely N-dealkylation sites (N-methyl/N-ethyl adjacent to an activating group) is 1. The van der Waals surface area contributed by atoms with Gasteiger partial charge in [0.25, 0.3) is 0 Å². The Hall–Kier alpha value is -0.200. The number of aliphatic hydroxyl groups is 1. The third-order valence-electron chi connectivity index (χ3n) is 3.04. The van der Waals surface area contributed by atoms with Crippen LogP contribution in [0.25, 0.3) is 0 Å². The van der Waals surface area contributed by atoms with E-state index in [2.05, 4.69) is 22.2 Å². The van der Waals surface area contributed by atoms with Gasteiger partial charge in [-0.3, -0.25) is 4.90 Å². The molecule has 1 saturated heterocycles. The van der Waals surface area contributed by atoms with Gasteiger partial charge in [-0.15, -0.1) is 0 Å². The molecule has 17 heavy (non-hydrogen) atoms. The Balaban J connectivity index is 2.05. The average molecular weight is 245 g/mol. The summed E-state index contributed by atoms with van der Waals surface area (Å²) in [6.45, 7) is 10.3. The van der Waals surface area contributed by atoms with Crippen LogP contribution in [0.1, 0.15) is 6.92 Å². The predicted molar refractivity (Wildman–Crippen MR) is 69.3 cm³/mol. The molecular weight excluding hydrogens is 218 g/mol. The first-order valence-electron chi connectivity index (χ1n) is 6.59. The molecule has 0 amide bonds. The first-order chi connectivity index (χ1) is 8.22. The lowest BCUT2D eigenvalue weighted by Crippen LogP contribution is -2.46. The molecule has 5 nitrogen and oxygen atoms in total. The molecule has 1 atom stereocenters. The molecule has 2 N–H and O–H groups in total. The van der Waals surface area contributed by atoms with E-state index in [1.165, 1.54) is 0 Å². The molecule has 0 aromatic rings. The van der Waals surface area contributed by atoms with Crippen molar-refractivity contribution in [1.82, 2.24) is 15.1 Å². The third-order valence-corrected chi connectivity index (χ3v) is 3.04. The van der Waals surface area contributed by atoms with Crippen LogP contribution < -0.4 is 5.32 Å². The van der Waals surface area contributed by atoms with Crippen molar-refractivity contribution < 1.29 is 9.84 Å². The summed E-state index contributed by atoms with van der Waals surface area (Å²) >= 11 is 0. The van der Waals surface area contributed by atoms with Gasteiger partial charge in [-0.2, -0.15) is 0 Å². The van der Waals surface area contributed by atoms with Crippen LogP contribution in [0.15, 0.2) is 0 Å². The molecule has 0 saturated carbocycles. The van der Waals surface area contributed by atoms with Crippen molar-refractivity contribution in [2.24, 2.45) is 0 Å². The van der Waals surface area contributed by atoms with E-state index >= 15 is 0 Å². The predicted octanol–water partition coefficient (Wildman–Crippen LogP) is -0.779. The highest BCUT2D eigenvalue weighted by atomic mass is 16.5. The molecule has 1 unspecified atom stereocenters. The number of nitrogens with zero attached hydrogens (tertiary/aromatic N) is 2. The Labute approximate surface area is 105 Å². The molecule has 0 aromatic carbocycles. The highest BCUT2D eigenvalue weighted by molar-refractivity contribution is 4.69. The van der Waals surface area contributed by atoms with Crippen LogP contribution in [0.5, 0.6) is 0 Å². The fourth-order valence-corrected chi connectivity index (χ4v) is 2.00. The molecule has 1 fully saturated rings. The number of hydrogen-bond donors (Lipinski definition) is 2. The highest BCUT2D eigenvalue weighted by Gasteiger charge is 2.12. The second-order valence-electron chi connectivity index (χ2n) is 4.67. The zero-order chi connectivity index (χ0) is 12.5. The lowest BCUT2D eigenvalue weighted by Gasteiger charge is -2.29. The van der Waals surface area contributed by atoms with E-state index in [1.807, 2.05) is 6.92 Å². The summed E-state index contributed by atoms with van der Waals surface area (Å²) in [5.41, 5.74) is 0. The van der Waals surface area contributed by atoms with Gasteiger partial charge in [-0.1, -0.05) is 0 Å². The Morgan fingerprint density at radius 1 is 1.41 bits per heavy atom. The molecule has 1 aliphatic heterocycles. The van der Waals surface area contributed by atoms with E-state index < -0.39 is 0 Å². The third kappa shape index (κ3) is 6.95. The second-order valence-corrected chi connectivity index (χ2v) is 4.67. The lowest BCUT2D eigenvalue weighted by atomic mass is 10.3. The van der Waals surface area contributed by atoms with Gasteiger partial charge in [0.2, 0.25) is 0 Å². The number of aliphatic hydroxyl groups excluding tert-OH is 1. The van der Waals surface area contributed by atoms with Crippen LogP contribution in [0.2, 0.25) is 0 Å². The largest absolute Gasteiger partial charge is 0.389 e. The van der Waals surface area contributed by atoms with E-state index in [4.69, 9.17) is 4.74 Å². The summed E-state index contributed by atoms with van der Waals surface area (Å²) < 4.78 is 5.20. The minimum atomic E-state index is -0.372. The molecule has 0 spiro atoms. The number of rotatable bonds is 8. The van der Waals surface area contributed by atoms with Crippen molar-refractivity contribution in [3.05, 3.63) is 0 Å². The van der Waals surface area contributed by atoms with Crippen LogP contribution in [0.3, 0.4) is 0 Å². The standard InChI is InChI=1S/C12H27N3O2/c1-3-17-11-12(16)10-14(2)8-9-15-6-4-13-5-7-15/h12-13,16H,3-11H2,1-2H3. The van der Waals surface area contributed by atoms with Gasteiger partial charge < -0.3 is 20.1 Å². The van der Waals surface area contributed by atoms with Crippen LogP contribution >= 0.6 is 0 Å². The smallest absolute Gasteiger partial charge is 0.0900 e. The van der Waals surface area contributed by atoms with E-state index in [1.54, 1.807) is 0 Å². The van der Waals surface area contributed by atoms with Crippen LogP contribution in [-0.4, -0.2) is 87.1 Å². The molecule has 1 aliphatic rings. The van der Waals surface area contributed by atoms with Gasteiger partial charge in [0.1, 0.15) is 0 Å². The zero-order valence-electron chi connectivity index (χ0n) is 11.2. The molecular formula is C12H27N3O2. The molecule has 0 bridgehead atoms. The summed E-state index contributed by atoms with van der Waals surface area (Å²) in [5.74, 6) is 0. The van der Waals surface area contributed by atoms with Gasteiger partial charge in [0.05, 0.1) is 12.7 Å². The number of ether oxygens (including phenoxy) is 1. The summed E-state index contributed by atoms with van der Waals surface area (Å²) in [5, 5.41) is 13.0. The van der Waals surface area contributed by atoms with Gasteiger partial charge in [0.15, 0.2) is 0 Å². The maximum absolute atomic E-state index is 9.70. The molecule has 1 heterocycles. The van der Waals surface area contributed by atoms with E-state index in [9.17, 15) is 5.11 Å². The average Bonchev–Trinajstić information content (AvgIpc) is 2.35. The normalized spacial score (nSPS) is 19.8. The minimum Gasteiger partial charge on any atom is -0.389 e.